The molecule has 3 aromatic rings. The number of carbonyl (C=O) groups is 1. The molecule has 168 valence electrons. The summed E-state index contributed by atoms with van der Waals surface area (Å²) in [6, 6.07) is 21.6. The minimum atomic E-state index is -0.356. The normalized spacial score (nSPS) is 9.62. The number of hydrogen-bond donors (Lipinski definition) is 0. The van der Waals surface area contributed by atoms with Gasteiger partial charge in [-0.05, 0) is 85.7 Å². The van der Waals surface area contributed by atoms with Gasteiger partial charge in [-0.1, -0.05) is 30.3 Å². The first kappa shape index (κ1) is 24.9. The van der Waals surface area contributed by atoms with Gasteiger partial charge in [0.25, 0.3) is 0 Å². The molecule has 1 aromatic heterocycles. The molecule has 0 bridgehead atoms. The van der Waals surface area contributed by atoms with Crippen LogP contribution in [0.25, 0.3) is 0 Å². The maximum absolute atomic E-state index is 11.0. The van der Waals surface area contributed by atoms with Gasteiger partial charge in [-0.15, -0.1) is 23.1 Å². The number of ether oxygens (including phenoxy) is 1. The van der Waals surface area contributed by atoms with Gasteiger partial charge < -0.3 is 4.74 Å². The number of nitrogens with zero attached hydrogens (tertiary/aromatic N) is 1. The van der Waals surface area contributed by atoms with Crippen molar-refractivity contribution in [3.05, 3.63) is 99.8 Å². The molecule has 0 atom stereocenters. The highest BCUT2D eigenvalue weighted by atomic mass is 32.2. The number of esters is 1. The maximum atomic E-state index is 11.0. The lowest BCUT2D eigenvalue weighted by Gasteiger charge is -2.03. The Balaban J connectivity index is 1.43. The van der Waals surface area contributed by atoms with Crippen LogP contribution in [0.5, 0.6) is 0 Å². The van der Waals surface area contributed by atoms with Crippen LogP contribution in [0.3, 0.4) is 0 Å². The fourth-order valence-corrected chi connectivity index (χ4v) is 4.43. The summed E-state index contributed by atoms with van der Waals surface area (Å²) in [6.45, 7) is 3.84. The first-order chi connectivity index (χ1) is 16.7. The molecule has 0 fully saturated rings. The highest BCUT2D eigenvalue weighted by molar-refractivity contribution is 7.99. The Morgan fingerprint density at radius 1 is 0.853 bits per heavy atom. The third-order valence-electron chi connectivity index (χ3n) is 4.60. The van der Waals surface area contributed by atoms with Crippen molar-refractivity contribution in [3.63, 3.8) is 0 Å². The Morgan fingerprint density at radius 3 is 2.03 bits per heavy atom. The van der Waals surface area contributed by atoms with Gasteiger partial charge in [-0.2, -0.15) is 5.26 Å². The molecular formula is C29H23NO2S2. The number of unbranched alkanes of at least 4 members (excludes halogenated alkanes) is 2. The summed E-state index contributed by atoms with van der Waals surface area (Å²) in [4.78, 5) is 14.1. The fourth-order valence-electron chi connectivity index (χ4n) is 2.80. The number of hydrogen-bond acceptors (Lipinski definition) is 5. The number of thiophene rings is 1. The monoisotopic (exact) mass is 481 g/mol. The van der Waals surface area contributed by atoms with Crippen molar-refractivity contribution < 1.29 is 9.53 Å². The number of benzene rings is 2. The highest BCUT2D eigenvalue weighted by Gasteiger charge is 1.98. The van der Waals surface area contributed by atoms with E-state index in [1.807, 2.05) is 48.2 Å². The molecule has 0 spiro atoms. The molecule has 0 aliphatic heterocycles. The van der Waals surface area contributed by atoms with Crippen molar-refractivity contribution in [2.24, 2.45) is 0 Å². The van der Waals surface area contributed by atoms with Crippen molar-refractivity contribution in [2.45, 2.75) is 24.2 Å². The zero-order valence-electron chi connectivity index (χ0n) is 18.7. The van der Waals surface area contributed by atoms with Gasteiger partial charge >= 0.3 is 5.97 Å². The molecule has 3 nitrogen and oxygen atoms in total. The van der Waals surface area contributed by atoms with Crippen LogP contribution in [0.2, 0.25) is 0 Å². The molecule has 0 unspecified atom stereocenters. The quantitative estimate of drug-likeness (QED) is 0.123. The van der Waals surface area contributed by atoms with E-state index >= 15 is 0 Å². The maximum Gasteiger partial charge on any atom is 0.330 e. The molecule has 3 rings (SSSR count). The summed E-state index contributed by atoms with van der Waals surface area (Å²) in [5.74, 6) is 13.4. The first-order valence-electron chi connectivity index (χ1n) is 10.8. The second kappa shape index (κ2) is 13.8. The van der Waals surface area contributed by atoms with E-state index in [-0.39, 0.29) is 5.97 Å². The Hall–Kier alpha value is -3.69. The van der Waals surface area contributed by atoms with Gasteiger partial charge in [-0.25, -0.2) is 4.79 Å². The minimum absolute atomic E-state index is 0.356. The largest absolute Gasteiger partial charge is 0.463 e. The van der Waals surface area contributed by atoms with Crippen molar-refractivity contribution in [1.29, 1.82) is 5.26 Å². The molecule has 0 amide bonds. The molecule has 2 aromatic carbocycles. The molecule has 34 heavy (non-hydrogen) atoms. The van der Waals surface area contributed by atoms with Gasteiger partial charge in [0.15, 0.2) is 0 Å². The molecule has 0 saturated heterocycles. The summed E-state index contributed by atoms with van der Waals surface area (Å²) in [6.07, 6.45) is 4.17. The van der Waals surface area contributed by atoms with Crippen LogP contribution < -0.4 is 0 Å². The molecule has 0 aliphatic rings. The lowest BCUT2D eigenvalue weighted by molar-refractivity contribution is -0.137. The lowest BCUT2D eigenvalue weighted by atomic mass is 10.1. The number of carbonyl (C=O) groups excluding carboxylic acids is 1. The summed E-state index contributed by atoms with van der Waals surface area (Å²) >= 11 is 3.39. The smallest absolute Gasteiger partial charge is 0.330 e. The zero-order chi connectivity index (χ0) is 24.0. The van der Waals surface area contributed by atoms with Crippen molar-refractivity contribution in [3.8, 4) is 29.8 Å². The highest BCUT2D eigenvalue weighted by Crippen LogP contribution is 2.20. The van der Waals surface area contributed by atoms with E-state index in [1.54, 1.807) is 23.5 Å². The molecule has 0 aliphatic carbocycles. The molecule has 0 saturated carbocycles. The minimum Gasteiger partial charge on any atom is -0.463 e. The van der Waals surface area contributed by atoms with E-state index in [2.05, 4.69) is 48.5 Å². The molecule has 0 radical (unpaired) electrons. The average molecular weight is 482 g/mol. The van der Waals surface area contributed by atoms with E-state index in [4.69, 9.17) is 10.00 Å². The number of thioether (sulfide) groups is 1. The van der Waals surface area contributed by atoms with Gasteiger partial charge in [0.2, 0.25) is 0 Å². The van der Waals surface area contributed by atoms with Crippen LogP contribution >= 0.6 is 23.1 Å². The standard InChI is InChI=1S/C29H23NO2S2/c1-2-29(31)32-20-4-3-5-21-33-26-14-10-24(11-15-26)13-17-28-19-18-27(34-28)16-12-23-6-8-25(22-30)9-7-23/h2,6-11,14-15,18-19H,1,3-5,20-21H2. The van der Waals surface area contributed by atoms with Crippen LogP contribution in [0.15, 0.2) is 78.2 Å². The van der Waals surface area contributed by atoms with E-state index in [0.29, 0.717) is 12.2 Å². The summed E-state index contributed by atoms with van der Waals surface area (Å²) in [5, 5.41) is 8.86. The van der Waals surface area contributed by atoms with E-state index < -0.39 is 0 Å². The zero-order valence-corrected chi connectivity index (χ0v) is 20.3. The topological polar surface area (TPSA) is 50.1 Å². The third-order valence-corrected chi connectivity index (χ3v) is 6.62. The summed E-state index contributed by atoms with van der Waals surface area (Å²) < 4.78 is 4.97. The molecule has 0 N–H and O–H groups in total. The average Bonchev–Trinajstić information content (AvgIpc) is 3.34. The number of nitriles is 1. The first-order valence-corrected chi connectivity index (χ1v) is 12.6. The Kier molecular flexibility index (Phi) is 10.1. The van der Waals surface area contributed by atoms with Crippen LogP contribution in [0.4, 0.5) is 0 Å². The van der Waals surface area contributed by atoms with Gasteiger partial charge in [0.1, 0.15) is 0 Å². The lowest BCUT2D eigenvalue weighted by Crippen LogP contribution is -2.01. The Bertz CT molecular complexity index is 1270. The van der Waals surface area contributed by atoms with Gasteiger partial charge in [0, 0.05) is 22.1 Å². The van der Waals surface area contributed by atoms with Crippen LogP contribution in [0, 0.1) is 35.0 Å². The Labute approximate surface area is 209 Å². The number of rotatable bonds is 8. The second-order valence-electron chi connectivity index (χ2n) is 7.16. The van der Waals surface area contributed by atoms with Gasteiger partial charge in [-0.3, -0.25) is 0 Å². The Morgan fingerprint density at radius 2 is 1.44 bits per heavy atom. The van der Waals surface area contributed by atoms with E-state index in [9.17, 15) is 4.79 Å². The molecule has 1 heterocycles. The van der Waals surface area contributed by atoms with Crippen molar-refractivity contribution in [2.75, 3.05) is 12.4 Å². The van der Waals surface area contributed by atoms with E-state index in [1.165, 1.54) is 11.0 Å². The van der Waals surface area contributed by atoms with Gasteiger partial charge in [0.05, 0.1) is 28.0 Å². The molecular weight excluding hydrogens is 458 g/mol. The predicted octanol–water partition coefficient (Wildman–Crippen LogP) is 6.41. The van der Waals surface area contributed by atoms with Crippen LogP contribution in [0.1, 0.15) is 45.7 Å². The summed E-state index contributed by atoms with van der Waals surface area (Å²) in [5.41, 5.74) is 2.49. The fraction of sp³-hybridized carbons (Fsp3) is 0.172. The van der Waals surface area contributed by atoms with Crippen LogP contribution in [-0.4, -0.2) is 18.3 Å². The second-order valence-corrected chi connectivity index (χ2v) is 9.41. The SMILES string of the molecule is C=CC(=O)OCCCCCSc1ccc(C#Cc2ccc(C#Cc3ccc(C#N)cc3)s2)cc1. The van der Waals surface area contributed by atoms with E-state index in [0.717, 1.165) is 45.9 Å². The predicted molar refractivity (Wildman–Crippen MR) is 140 cm³/mol. The van der Waals surface area contributed by atoms with Crippen molar-refractivity contribution >= 4 is 29.1 Å². The molecule has 5 heteroatoms. The summed E-state index contributed by atoms with van der Waals surface area (Å²) in [7, 11) is 0. The third kappa shape index (κ3) is 8.68. The van der Waals surface area contributed by atoms with Crippen molar-refractivity contribution in [1.82, 2.24) is 0 Å². The van der Waals surface area contributed by atoms with Crippen LogP contribution in [-0.2, 0) is 9.53 Å².